The molecule has 2 bridgehead atoms. The minimum atomic E-state index is 0.185. The second-order valence-corrected chi connectivity index (χ2v) is 10.3. The lowest BCUT2D eigenvalue weighted by Crippen LogP contribution is -2.62. The van der Waals surface area contributed by atoms with Crippen LogP contribution in [-0.4, -0.2) is 34.1 Å². The molecule has 2 aromatic rings. The van der Waals surface area contributed by atoms with Crippen molar-refractivity contribution in [2.45, 2.75) is 56.9 Å². The van der Waals surface area contributed by atoms with Crippen LogP contribution in [0, 0.1) is 18.8 Å². The van der Waals surface area contributed by atoms with E-state index in [9.17, 15) is 5.11 Å². The van der Waals surface area contributed by atoms with Crippen LogP contribution in [-0.2, 0) is 24.7 Å². The number of phenolic OH excluding ortho intramolecular Hbond substituents is 1. The topological polar surface area (TPSA) is 36.4 Å². The highest BCUT2D eigenvalue weighted by Gasteiger charge is 2.56. The summed E-state index contributed by atoms with van der Waals surface area (Å²) in [5.41, 5.74) is 4.43. The SMILES string of the molecule is Cc1nc2c(s1)C[C@H]1[C@@H]3Cc4ccc(O)cc4[C@]1(CCN3CC1CC1)C2. The molecule has 0 radical (unpaired) electrons. The molecule has 0 unspecified atom stereocenters. The molecule has 1 saturated heterocycles. The van der Waals surface area contributed by atoms with Gasteiger partial charge in [-0.15, -0.1) is 11.3 Å². The molecule has 3 atom stereocenters. The minimum absolute atomic E-state index is 0.185. The summed E-state index contributed by atoms with van der Waals surface area (Å²) in [4.78, 5) is 9.26. The fourth-order valence-electron chi connectivity index (χ4n) is 6.17. The van der Waals surface area contributed by atoms with Gasteiger partial charge >= 0.3 is 0 Å². The van der Waals surface area contributed by atoms with Crippen LogP contribution in [0.25, 0.3) is 0 Å². The van der Waals surface area contributed by atoms with Gasteiger partial charge in [-0.25, -0.2) is 4.98 Å². The Labute approximate surface area is 159 Å². The summed E-state index contributed by atoms with van der Waals surface area (Å²) in [5, 5.41) is 11.4. The predicted molar refractivity (Wildman–Crippen MR) is 104 cm³/mol. The largest absolute Gasteiger partial charge is 0.508 e. The van der Waals surface area contributed by atoms with Crippen molar-refractivity contribution >= 4 is 11.3 Å². The van der Waals surface area contributed by atoms with Gasteiger partial charge in [-0.2, -0.15) is 0 Å². The Morgan fingerprint density at radius 1 is 1.31 bits per heavy atom. The number of likely N-dealkylation sites (tertiary alicyclic amines) is 1. The zero-order valence-electron chi connectivity index (χ0n) is 15.4. The van der Waals surface area contributed by atoms with Crippen molar-refractivity contribution in [3.05, 3.63) is 44.9 Å². The standard InChI is InChI=1S/C22H26N2OS/c1-13-23-19-11-22-6-7-24(12-14-2-3-14)20(18(22)10-21(19)26-13)8-15-4-5-16(25)9-17(15)22/h4-5,9,14,18,20,25H,2-3,6-8,10-12H2,1H3/t18-,20-,22-/m0/s1. The maximum atomic E-state index is 10.2. The van der Waals surface area contributed by atoms with E-state index >= 15 is 0 Å². The van der Waals surface area contributed by atoms with Crippen LogP contribution in [0.15, 0.2) is 18.2 Å². The Kier molecular flexibility index (Phi) is 3.20. The van der Waals surface area contributed by atoms with Crippen LogP contribution in [0.4, 0.5) is 0 Å². The van der Waals surface area contributed by atoms with Gasteiger partial charge in [-0.05, 0) is 80.7 Å². The molecule has 136 valence electrons. The van der Waals surface area contributed by atoms with Crippen LogP contribution in [0.3, 0.4) is 0 Å². The predicted octanol–water partition coefficient (Wildman–Crippen LogP) is 3.85. The second kappa shape index (κ2) is 5.32. The Bertz CT molecular complexity index is 886. The Balaban J connectivity index is 1.50. The molecule has 0 amide bonds. The molecule has 1 saturated carbocycles. The van der Waals surface area contributed by atoms with Gasteiger partial charge < -0.3 is 5.11 Å². The highest BCUT2D eigenvalue weighted by atomic mass is 32.1. The fraction of sp³-hybridized carbons (Fsp3) is 0.591. The molecule has 3 nitrogen and oxygen atoms in total. The third-order valence-electron chi connectivity index (χ3n) is 7.51. The number of aryl methyl sites for hydroxylation is 1. The second-order valence-electron chi connectivity index (χ2n) is 9.05. The summed E-state index contributed by atoms with van der Waals surface area (Å²) in [6.45, 7) is 4.67. The quantitative estimate of drug-likeness (QED) is 0.877. The lowest BCUT2D eigenvalue weighted by molar-refractivity contribution is 0.00542. The summed E-state index contributed by atoms with van der Waals surface area (Å²) in [6.07, 6.45) is 7.49. The number of nitrogens with zero attached hydrogens (tertiary/aromatic N) is 2. The van der Waals surface area contributed by atoms with E-state index in [1.54, 1.807) is 0 Å². The molecule has 1 aromatic heterocycles. The lowest BCUT2D eigenvalue weighted by Gasteiger charge is -2.58. The van der Waals surface area contributed by atoms with Gasteiger partial charge in [0.15, 0.2) is 0 Å². The molecule has 1 aromatic carbocycles. The van der Waals surface area contributed by atoms with Crippen molar-refractivity contribution in [2.24, 2.45) is 11.8 Å². The van der Waals surface area contributed by atoms with E-state index < -0.39 is 0 Å². The van der Waals surface area contributed by atoms with Crippen molar-refractivity contribution in [1.29, 1.82) is 0 Å². The maximum absolute atomic E-state index is 10.2. The smallest absolute Gasteiger partial charge is 0.115 e. The summed E-state index contributed by atoms with van der Waals surface area (Å²) in [7, 11) is 0. The van der Waals surface area contributed by atoms with Gasteiger partial charge in [-0.3, -0.25) is 4.90 Å². The molecule has 1 aliphatic heterocycles. The third-order valence-corrected chi connectivity index (χ3v) is 8.55. The van der Waals surface area contributed by atoms with Crippen molar-refractivity contribution in [1.82, 2.24) is 9.88 Å². The number of aromatic hydroxyl groups is 1. The van der Waals surface area contributed by atoms with Gasteiger partial charge in [0, 0.05) is 29.3 Å². The van der Waals surface area contributed by atoms with Gasteiger partial charge in [-0.1, -0.05) is 6.07 Å². The minimum Gasteiger partial charge on any atom is -0.508 e. The van der Waals surface area contributed by atoms with Gasteiger partial charge in [0.2, 0.25) is 0 Å². The molecular formula is C22H26N2OS. The van der Waals surface area contributed by atoms with Gasteiger partial charge in [0.05, 0.1) is 10.7 Å². The first kappa shape index (κ1) is 15.6. The first-order chi connectivity index (χ1) is 12.6. The Morgan fingerprint density at radius 3 is 3.04 bits per heavy atom. The average molecular weight is 367 g/mol. The number of thiazole rings is 1. The fourth-order valence-corrected chi connectivity index (χ4v) is 7.18. The monoisotopic (exact) mass is 366 g/mol. The number of phenols is 1. The zero-order chi connectivity index (χ0) is 17.5. The molecule has 26 heavy (non-hydrogen) atoms. The van der Waals surface area contributed by atoms with Gasteiger partial charge in [0.25, 0.3) is 0 Å². The van der Waals surface area contributed by atoms with E-state index in [1.807, 2.05) is 17.4 Å². The van der Waals surface area contributed by atoms with E-state index in [4.69, 9.17) is 4.98 Å². The van der Waals surface area contributed by atoms with E-state index in [2.05, 4.69) is 24.0 Å². The number of aromatic nitrogens is 1. The Hall–Kier alpha value is -1.39. The number of rotatable bonds is 2. The molecule has 2 heterocycles. The van der Waals surface area contributed by atoms with Crippen LogP contribution in [0.2, 0.25) is 0 Å². The molecular weight excluding hydrogens is 340 g/mol. The average Bonchev–Trinajstić information content (AvgIpc) is 3.35. The molecule has 0 spiro atoms. The van der Waals surface area contributed by atoms with Crippen LogP contribution >= 0.6 is 11.3 Å². The molecule has 1 N–H and O–H groups in total. The number of fused-ring (bicyclic) bond motifs is 2. The summed E-state index contributed by atoms with van der Waals surface area (Å²) >= 11 is 1.91. The molecule has 2 fully saturated rings. The van der Waals surface area contributed by atoms with E-state index in [1.165, 1.54) is 65.5 Å². The molecule has 3 aliphatic carbocycles. The normalized spacial score (nSPS) is 32.7. The summed E-state index contributed by atoms with van der Waals surface area (Å²) < 4.78 is 0. The molecule has 6 rings (SSSR count). The number of hydrogen-bond donors (Lipinski definition) is 1. The molecule has 4 aliphatic rings. The number of hydrogen-bond acceptors (Lipinski definition) is 4. The van der Waals surface area contributed by atoms with Crippen molar-refractivity contribution in [2.75, 3.05) is 13.1 Å². The third kappa shape index (κ3) is 2.18. The van der Waals surface area contributed by atoms with Gasteiger partial charge in [0.1, 0.15) is 5.75 Å². The number of benzene rings is 1. The maximum Gasteiger partial charge on any atom is 0.115 e. The van der Waals surface area contributed by atoms with E-state index in [0.717, 1.165) is 18.8 Å². The van der Waals surface area contributed by atoms with E-state index in [0.29, 0.717) is 17.7 Å². The van der Waals surface area contributed by atoms with Crippen LogP contribution < -0.4 is 0 Å². The highest BCUT2D eigenvalue weighted by molar-refractivity contribution is 7.11. The first-order valence-electron chi connectivity index (χ1n) is 10.1. The van der Waals surface area contributed by atoms with Crippen LogP contribution in [0.1, 0.15) is 46.0 Å². The highest BCUT2D eigenvalue weighted by Crippen LogP contribution is 2.56. The first-order valence-corrected chi connectivity index (χ1v) is 11.0. The van der Waals surface area contributed by atoms with E-state index in [-0.39, 0.29) is 5.41 Å². The van der Waals surface area contributed by atoms with Crippen molar-refractivity contribution < 1.29 is 5.11 Å². The van der Waals surface area contributed by atoms with Crippen molar-refractivity contribution in [3.8, 4) is 5.75 Å². The molecule has 4 heteroatoms. The summed E-state index contributed by atoms with van der Waals surface area (Å²) in [5.74, 6) is 2.06. The Morgan fingerprint density at radius 2 is 2.19 bits per heavy atom. The zero-order valence-corrected chi connectivity index (χ0v) is 16.2. The lowest BCUT2D eigenvalue weighted by atomic mass is 9.53. The number of piperidine rings is 1. The van der Waals surface area contributed by atoms with Crippen LogP contribution in [0.5, 0.6) is 5.75 Å². The van der Waals surface area contributed by atoms with Crippen molar-refractivity contribution in [3.63, 3.8) is 0 Å². The summed E-state index contributed by atoms with van der Waals surface area (Å²) in [6, 6.07) is 6.83.